The predicted octanol–water partition coefficient (Wildman–Crippen LogP) is 2.43. The van der Waals surface area contributed by atoms with E-state index in [1.165, 1.54) is 11.6 Å². The molecule has 0 spiro atoms. The number of rotatable bonds is 1. The lowest BCUT2D eigenvalue weighted by atomic mass is 10.1. The Kier molecular flexibility index (Phi) is 2.73. The van der Waals surface area contributed by atoms with Gasteiger partial charge in [-0.25, -0.2) is 4.39 Å². The number of anilines is 1. The summed E-state index contributed by atoms with van der Waals surface area (Å²) in [5.74, 6) is 0.0292. The highest BCUT2D eigenvalue weighted by atomic mass is 19.1. The van der Waals surface area contributed by atoms with Crippen molar-refractivity contribution in [1.82, 2.24) is 0 Å². The topological polar surface area (TPSA) is 30.5 Å². The number of benzene rings is 1. The molecule has 1 aromatic rings. The molecule has 2 aliphatic rings. The molecule has 0 radical (unpaired) electrons. The van der Waals surface area contributed by atoms with Crippen LogP contribution in [0.3, 0.4) is 0 Å². The van der Waals surface area contributed by atoms with Crippen LogP contribution in [0.4, 0.5) is 10.1 Å². The van der Waals surface area contributed by atoms with Crippen LogP contribution in [0.5, 0.6) is 5.75 Å². The minimum absolute atomic E-state index is 0.305. The Labute approximate surface area is 99.2 Å². The molecule has 1 N–H and O–H groups in total. The van der Waals surface area contributed by atoms with Gasteiger partial charge in [0, 0.05) is 6.54 Å². The van der Waals surface area contributed by atoms with Crippen molar-refractivity contribution in [2.24, 2.45) is 0 Å². The molecule has 0 saturated carbocycles. The molecule has 0 bridgehead atoms. The lowest BCUT2D eigenvalue weighted by Crippen LogP contribution is -2.19. The highest BCUT2D eigenvalue weighted by molar-refractivity contribution is 5.66. The third kappa shape index (κ3) is 2.13. The zero-order valence-electron chi connectivity index (χ0n) is 9.46. The van der Waals surface area contributed by atoms with Gasteiger partial charge in [0.25, 0.3) is 0 Å². The molecule has 0 aliphatic carbocycles. The van der Waals surface area contributed by atoms with Crippen LogP contribution in [0.15, 0.2) is 17.7 Å². The molecule has 1 fully saturated rings. The fraction of sp³-hybridized carbons (Fsp3) is 0.385. The molecule has 1 aromatic carbocycles. The number of ether oxygens (including phenoxy) is 2. The first-order valence-corrected chi connectivity index (χ1v) is 5.80. The van der Waals surface area contributed by atoms with Crippen molar-refractivity contribution in [3.05, 3.63) is 29.1 Å². The molecule has 1 saturated heterocycles. The van der Waals surface area contributed by atoms with E-state index in [2.05, 4.69) is 5.32 Å². The van der Waals surface area contributed by atoms with Gasteiger partial charge >= 0.3 is 0 Å². The Bertz CT molecular complexity index is 463. The summed E-state index contributed by atoms with van der Waals surface area (Å²) < 4.78 is 24.3. The van der Waals surface area contributed by atoms with Crippen LogP contribution in [0.25, 0.3) is 6.08 Å². The van der Waals surface area contributed by atoms with E-state index in [0.29, 0.717) is 19.0 Å². The van der Waals surface area contributed by atoms with Gasteiger partial charge in [0.05, 0.1) is 18.9 Å². The smallest absolute Gasteiger partial charge is 0.178 e. The summed E-state index contributed by atoms with van der Waals surface area (Å²) in [6.45, 7) is 2.65. The minimum Gasteiger partial charge on any atom is -0.486 e. The van der Waals surface area contributed by atoms with Crippen molar-refractivity contribution in [1.29, 1.82) is 0 Å². The van der Waals surface area contributed by atoms with Crippen LogP contribution in [0, 0.1) is 5.82 Å². The summed E-state index contributed by atoms with van der Waals surface area (Å²) in [5.41, 5.74) is 2.81. The first-order valence-electron chi connectivity index (χ1n) is 5.80. The maximum absolute atomic E-state index is 13.8. The van der Waals surface area contributed by atoms with E-state index in [-0.39, 0.29) is 5.82 Å². The molecule has 0 aromatic heterocycles. The molecule has 3 rings (SSSR count). The molecule has 0 amide bonds. The second-order valence-corrected chi connectivity index (χ2v) is 4.26. The average Bonchev–Trinajstić information content (AvgIpc) is 2.82. The maximum Gasteiger partial charge on any atom is 0.178 e. The molecule has 90 valence electrons. The zero-order chi connectivity index (χ0) is 11.7. The van der Waals surface area contributed by atoms with Gasteiger partial charge < -0.3 is 14.8 Å². The summed E-state index contributed by atoms with van der Waals surface area (Å²) in [6, 6.07) is 3.43. The molecule has 2 aliphatic heterocycles. The largest absolute Gasteiger partial charge is 0.486 e. The van der Waals surface area contributed by atoms with Crippen LogP contribution in [0.1, 0.15) is 12.0 Å². The van der Waals surface area contributed by atoms with Crippen LogP contribution in [0.2, 0.25) is 0 Å². The first-order chi connectivity index (χ1) is 8.33. The monoisotopic (exact) mass is 235 g/mol. The lowest BCUT2D eigenvalue weighted by molar-refractivity contribution is 0.205. The normalized spacial score (nSPS) is 20.9. The summed E-state index contributed by atoms with van der Waals surface area (Å²) in [6.07, 6.45) is 2.93. The molecule has 4 heteroatoms. The van der Waals surface area contributed by atoms with Gasteiger partial charge in [-0.1, -0.05) is 6.08 Å². The molecule has 17 heavy (non-hydrogen) atoms. The van der Waals surface area contributed by atoms with Crippen molar-refractivity contribution < 1.29 is 13.9 Å². The Morgan fingerprint density at radius 2 is 2.24 bits per heavy atom. The van der Waals surface area contributed by atoms with Crippen LogP contribution in [-0.4, -0.2) is 26.4 Å². The number of halogens is 1. The van der Waals surface area contributed by atoms with Gasteiger partial charge in [0.1, 0.15) is 6.61 Å². The molecular formula is C13H14FNO2. The van der Waals surface area contributed by atoms with Crippen molar-refractivity contribution in [2.45, 2.75) is 6.42 Å². The van der Waals surface area contributed by atoms with E-state index in [4.69, 9.17) is 9.47 Å². The first kappa shape index (κ1) is 10.6. The summed E-state index contributed by atoms with van der Waals surface area (Å²) in [7, 11) is 0. The fourth-order valence-electron chi connectivity index (χ4n) is 2.14. The van der Waals surface area contributed by atoms with Crippen molar-refractivity contribution >= 4 is 11.8 Å². The summed E-state index contributed by atoms with van der Waals surface area (Å²) in [5, 5.41) is 3.14. The number of hydrogen-bond acceptors (Lipinski definition) is 3. The lowest BCUT2D eigenvalue weighted by Gasteiger charge is -2.20. The van der Waals surface area contributed by atoms with E-state index in [9.17, 15) is 4.39 Å². The maximum atomic E-state index is 13.8. The van der Waals surface area contributed by atoms with E-state index >= 15 is 0 Å². The SMILES string of the molecule is Fc1cc(/C=C2/CCOC2)cc2c1OCCN2. The van der Waals surface area contributed by atoms with E-state index < -0.39 is 0 Å². The predicted molar refractivity (Wildman–Crippen MR) is 63.8 cm³/mol. The number of nitrogens with one attached hydrogen (secondary N) is 1. The highest BCUT2D eigenvalue weighted by Crippen LogP contribution is 2.32. The van der Waals surface area contributed by atoms with E-state index in [1.54, 1.807) is 0 Å². The third-order valence-corrected chi connectivity index (χ3v) is 2.96. The van der Waals surface area contributed by atoms with Gasteiger partial charge in [0.15, 0.2) is 11.6 Å². The molecule has 0 unspecified atom stereocenters. The van der Waals surface area contributed by atoms with Crippen molar-refractivity contribution in [3.63, 3.8) is 0 Å². The third-order valence-electron chi connectivity index (χ3n) is 2.96. The minimum atomic E-state index is -0.305. The Hall–Kier alpha value is -1.55. The summed E-state index contributed by atoms with van der Waals surface area (Å²) >= 11 is 0. The number of hydrogen-bond donors (Lipinski definition) is 1. The Morgan fingerprint density at radius 3 is 3.06 bits per heavy atom. The van der Waals surface area contributed by atoms with Gasteiger partial charge in [0.2, 0.25) is 0 Å². The molecule has 0 atom stereocenters. The van der Waals surface area contributed by atoms with Gasteiger partial charge in [-0.2, -0.15) is 0 Å². The quantitative estimate of drug-likeness (QED) is 0.811. The van der Waals surface area contributed by atoms with Crippen LogP contribution in [-0.2, 0) is 4.74 Å². The Morgan fingerprint density at radius 1 is 1.29 bits per heavy atom. The van der Waals surface area contributed by atoms with Gasteiger partial charge in [-0.15, -0.1) is 0 Å². The standard InChI is InChI=1S/C13H14FNO2/c14-11-6-10(5-9-1-3-16-8-9)7-12-13(11)17-4-2-15-12/h5-7,15H,1-4,8H2/b9-5-. The molecule has 2 heterocycles. The van der Waals surface area contributed by atoms with Crippen LogP contribution >= 0.6 is 0 Å². The highest BCUT2D eigenvalue weighted by Gasteiger charge is 2.16. The molecular weight excluding hydrogens is 221 g/mol. The number of fused-ring (bicyclic) bond motifs is 1. The van der Waals surface area contributed by atoms with Gasteiger partial charge in [-0.05, 0) is 29.7 Å². The van der Waals surface area contributed by atoms with Crippen LogP contribution < -0.4 is 10.1 Å². The Balaban J connectivity index is 1.95. The van der Waals surface area contributed by atoms with E-state index in [1.807, 2.05) is 12.1 Å². The fourth-order valence-corrected chi connectivity index (χ4v) is 2.14. The molecule has 3 nitrogen and oxygen atoms in total. The van der Waals surface area contributed by atoms with Crippen molar-refractivity contribution in [3.8, 4) is 5.75 Å². The average molecular weight is 235 g/mol. The second kappa shape index (κ2) is 4.37. The second-order valence-electron chi connectivity index (χ2n) is 4.26. The zero-order valence-corrected chi connectivity index (χ0v) is 9.46. The van der Waals surface area contributed by atoms with Crippen molar-refractivity contribution in [2.75, 3.05) is 31.7 Å². The summed E-state index contributed by atoms with van der Waals surface area (Å²) in [4.78, 5) is 0. The van der Waals surface area contributed by atoms with E-state index in [0.717, 1.165) is 30.8 Å². The van der Waals surface area contributed by atoms with Gasteiger partial charge in [-0.3, -0.25) is 0 Å².